The van der Waals surface area contributed by atoms with Gasteiger partial charge in [0.05, 0.1) is 11.0 Å². The molecule has 61 heavy (non-hydrogen) atoms. The normalized spacial score (nSPS) is 31.3. The molecule has 6 bridgehead atoms. The fraction of sp³-hybridized carbons (Fsp3) is 0.702. The van der Waals surface area contributed by atoms with Crippen LogP contribution in [0.1, 0.15) is 145 Å². The summed E-state index contributed by atoms with van der Waals surface area (Å²) in [6.45, 7) is 2.64. The maximum atomic E-state index is 14.2. The molecule has 1 aromatic heterocycles. The predicted molar refractivity (Wildman–Crippen MR) is 243 cm³/mol. The standard InChI is InChI=1S/C47H68N6O6S2/c1-30(54)58-37-13-10-34-24-35(43(57)44-39(34)16-11-33-5-4-6-40(33)59-44)28-53-29-46(27-42(53)56,26-32-17-21-50-41(48)23-32)20-22-51-45(49)52-47(18-2-3-19-47)61-60-38-14-8-31(9-15-38)7-12-36(55)25-37/h17,21,23-24,31,33,36-38,40,55,57H,2-16,18-20,22,25-29H2,1H3,(H2,48,50)(H3,49,51,52)/t31?,33-,36-,37+,38?,40-,46+/m0/s1. The Balaban J connectivity index is 1.10. The van der Waals surface area contributed by atoms with Gasteiger partial charge in [0.25, 0.3) is 0 Å². The summed E-state index contributed by atoms with van der Waals surface area (Å²) in [7, 11) is 3.95. The number of nitrogens with two attached hydrogens (primary N) is 2. The van der Waals surface area contributed by atoms with Crippen LogP contribution in [-0.2, 0) is 40.1 Å². The van der Waals surface area contributed by atoms with Crippen LogP contribution in [0.15, 0.2) is 29.4 Å². The van der Waals surface area contributed by atoms with E-state index in [9.17, 15) is 19.8 Å². The van der Waals surface area contributed by atoms with Crippen LogP contribution < -0.4 is 21.5 Å². The summed E-state index contributed by atoms with van der Waals surface area (Å²) in [5, 5.41) is 27.7. The first-order valence-electron chi connectivity index (χ1n) is 23.2. The first kappa shape index (κ1) is 44.3. The number of guanidine groups is 1. The van der Waals surface area contributed by atoms with Crippen LogP contribution in [0, 0.1) is 17.3 Å². The largest absolute Gasteiger partial charge is 0.504 e. The monoisotopic (exact) mass is 876 g/mol. The zero-order valence-corrected chi connectivity index (χ0v) is 37.7. The van der Waals surface area contributed by atoms with Crippen molar-refractivity contribution in [3.63, 3.8) is 0 Å². The summed E-state index contributed by atoms with van der Waals surface area (Å²) in [5.41, 5.74) is 16.1. The van der Waals surface area contributed by atoms with E-state index >= 15 is 0 Å². The second-order valence-corrected chi connectivity index (χ2v) is 22.2. The Morgan fingerprint density at radius 1 is 1.00 bits per heavy atom. The van der Waals surface area contributed by atoms with E-state index in [1.165, 1.54) is 19.8 Å². The number of phenolic OH excluding ortho intramolecular Hbond substituents is 1. The number of aromatic nitrogens is 1. The maximum absolute atomic E-state index is 14.2. The van der Waals surface area contributed by atoms with Crippen LogP contribution in [0.25, 0.3) is 0 Å². The van der Waals surface area contributed by atoms with E-state index in [0.717, 1.165) is 93.7 Å². The molecule has 1 spiro atoms. The molecule has 2 aromatic rings. The molecular weight excluding hydrogens is 809 g/mol. The minimum atomic E-state index is -0.564. The van der Waals surface area contributed by atoms with E-state index in [1.54, 1.807) is 6.20 Å². The number of fused-ring (bicyclic) bond motifs is 14. The van der Waals surface area contributed by atoms with Gasteiger partial charge >= 0.3 is 5.97 Å². The SMILES string of the molecule is CC(=O)O[C@@H]1CCc2cc(c(O)c3c2CC[C@@H]2CCC[C@@H]2O3)CN2C[C@@](Cc3ccnc(N)c3)(CCN=C(N)NC3(CCCC3)SSC3CCC(CC3)CC[C@H](O)C1)CC2=O. The number of hydrogen-bond acceptors (Lipinski definition) is 13. The minimum absolute atomic E-state index is 0.0264. The molecular formula is C47H68N6O6S2. The number of pyridine rings is 1. The molecule has 0 unspecified atom stereocenters. The molecule has 5 heterocycles. The average Bonchev–Trinajstić information content (AvgIpc) is 3.92. The summed E-state index contributed by atoms with van der Waals surface area (Å²) in [4.78, 5) is 37.5. The predicted octanol–water partition coefficient (Wildman–Crippen LogP) is 7.74. The third-order valence-electron chi connectivity index (χ3n) is 14.7. The molecule has 1 amide bonds. The number of carbonyl (C=O) groups excluding carboxylic acids is 2. The number of nitrogen functional groups attached to an aromatic ring is 1. The zero-order valence-electron chi connectivity index (χ0n) is 36.1. The lowest BCUT2D eigenvalue weighted by Crippen LogP contribution is -2.47. The van der Waals surface area contributed by atoms with Gasteiger partial charge in [-0.05, 0) is 150 Å². The number of nitrogens with zero attached hydrogens (tertiary/aromatic N) is 3. The minimum Gasteiger partial charge on any atom is -0.504 e. The topological polar surface area (TPSA) is 186 Å². The first-order valence-corrected chi connectivity index (χ1v) is 25.4. The van der Waals surface area contributed by atoms with Gasteiger partial charge in [-0.1, -0.05) is 34.4 Å². The molecule has 4 fully saturated rings. The van der Waals surface area contributed by atoms with Crippen molar-refractivity contribution >= 4 is 45.2 Å². The van der Waals surface area contributed by atoms with Crippen molar-refractivity contribution in [2.75, 3.05) is 18.8 Å². The van der Waals surface area contributed by atoms with Crippen molar-refractivity contribution in [1.29, 1.82) is 0 Å². The Morgan fingerprint density at radius 3 is 2.59 bits per heavy atom. The lowest BCUT2D eigenvalue weighted by molar-refractivity contribution is -0.148. The van der Waals surface area contributed by atoms with E-state index in [0.29, 0.717) is 98.2 Å². The average molecular weight is 877 g/mol. The molecule has 0 radical (unpaired) electrons. The van der Waals surface area contributed by atoms with Crippen LogP contribution >= 0.6 is 21.6 Å². The van der Waals surface area contributed by atoms with Crippen molar-refractivity contribution in [2.24, 2.45) is 28.0 Å². The molecule has 12 nitrogen and oxygen atoms in total. The number of ether oxygens (including phenoxy) is 2. The second kappa shape index (κ2) is 19.6. The summed E-state index contributed by atoms with van der Waals surface area (Å²) in [5.74, 6) is 2.29. The molecule has 5 atom stereocenters. The number of phenols is 1. The van der Waals surface area contributed by atoms with E-state index in [4.69, 9.17) is 25.9 Å². The zero-order chi connectivity index (χ0) is 42.6. The van der Waals surface area contributed by atoms with Gasteiger partial charge in [0, 0.05) is 67.4 Å². The summed E-state index contributed by atoms with van der Waals surface area (Å²) in [6.07, 6.45) is 19.6. The van der Waals surface area contributed by atoms with Crippen LogP contribution in [0.3, 0.4) is 0 Å². The van der Waals surface area contributed by atoms with Gasteiger partial charge in [-0.2, -0.15) is 0 Å². The number of esters is 1. The molecule has 3 saturated carbocycles. The molecule has 7 aliphatic rings. The third-order valence-corrected chi connectivity index (χ3v) is 18.4. The lowest BCUT2D eigenvalue weighted by atomic mass is 9.78. The van der Waals surface area contributed by atoms with Crippen LogP contribution in [0.2, 0.25) is 0 Å². The van der Waals surface area contributed by atoms with Crippen LogP contribution in [0.5, 0.6) is 11.5 Å². The Kier molecular flexibility index (Phi) is 14.2. The Labute approximate surface area is 369 Å². The molecule has 1 aromatic carbocycles. The quantitative estimate of drug-likeness (QED) is 0.150. The highest BCUT2D eigenvalue weighted by Gasteiger charge is 2.44. The number of aromatic hydroxyl groups is 1. The Morgan fingerprint density at radius 2 is 1.80 bits per heavy atom. The number of amides is 1. The van der Waals surface area contributed by atoms with Gasteiger partial charge in [0.1, 0.15) is 18.0 Å². The van der Waals surface area contributed by atoms with Gasteiger partial charge in [0.2, 0.25) is 5.91 Å². The number of aliphatic hydroxyl groups excluding tert-OH is 1. The number of aliphatic hydroxyl groups is 1. The second-order valence-electron chi connectivity index (χ2n) is 19.3. The lowest BCUT2D eigenvalue weighted by Gasteiger charge is -2.34. The number of aryl methyl sites for hydroxylation is 1. The number of hydrogen-bond donors (Lipinski definition) is 5. The molecule has 7 N–H and O–H groups in total. The first-order chi connectivity index (χ1) is 29.4. The van der Waals surface area contributed by atoms with E-state index in [1.807, 2.05) is 38.6 Å². The van der Waals surface area contributed by atoms with Crippen molar-refractivity contribution in [3.05, 3.63) is 46.6 Å². The molecule has 1 saturated heterocycles. The summed E-state index contributed by atoms with van der Waals surface area (Å²) in [6, 6.07) is 5.92. The van der Waals surface area contributed by atoms with Gasteiger partial charge < -0.3 is 41.4 Å². The highest BCUT2D eigenvalue weighted by atomic mass is 33.1. The van der Waals surface area contributed by atoms with Crippen molar-refractivity contribution in [3.8, 4) is 11.5 Å². The number of aliphatic imine (C=N–C) groups is 1. The number of carbonyl (C=O) groups is 2. The van der Waals surface area contributed by atoms with E-state index in [2.05, 4.69) is 16.4 Å². The smallest absolute Gasteiger partial charge is 0.302 e. The van der Waals surface area contributed by atoms with Crippen LogP contribution in [0.4, 0.5) is 5.82 Å². The number of rotatable bonds is 3. The highest BCUT2D eigenvalue weighted by molar-refractivity contribution is 8.77. The third kappa shape index (κ3) is 11.1. The van der Waals surface area contributed by atoms with Gasteiger partial charge in [-0.3, -0.25) is 14.6 Å². The van der Waals surface area contributed by atoms with E-state index in [-0.39, 0.29) is 35.1 Å². The van der Waals surface area contributed by atoms with Crippen LogP contribution in [-0.4, -0.2) is 79.5 Å². The highest BCUT2D eigenvalue weighted by Crippen LogP contribution is 2.50. The maximum Gasteiger partial charge on any atom is 0.302 e. The molecule has 4 aliphatic heterocycles. The summed E-state index contributed by atoms with van der Waals surface area (Å²) >= 11 is 0. The Hall–Kier alpha value is -3.36. The molecule has 334 valence electrons. The number of anilines is 1. The Bertz CT molecular complexity index is 1900. The summed E-state index contributed by atoms with van der Waals surface area (Å²) < 4.78 is 12.6. The van der Waals surface area contributed by atoms with Gasteiger partial charge in [-0.15, -0.1) is 0 Å². The fourth-order valence-corrected chi connectivity index (χ4v) is 15.0. The number of nitrogens with one attached hydrogen (secondary N) is 1. The van der Waals surface area contributed by atoms with E-state index < -0.39 is 17.6 Å². The molecule has 9 rings (SSSR count). The van der Waals surface area contributed by atoms with Gasteiger partial charge in [0.15, 0.2) is 17.5 Å². The van der Waals surface area contributed by atoms with Crippen molar-refractivity contribution < 1.29 is 29.3 Å². The molecule has 14 heteroatoms. The van der Waals surface area contributed by atoms with Gasteiger partial charge in [-0.25, -0.2) is 4.98 Å². The van der Waals surface area contributed by atoms with Crippen molar-refractivity contribution in [2.45, 2.75) is 177 Å². The van der Waals surface area contributed by atoms with Crippen molar-refractivity contribution in [1.82, 2.24) is 15.2 Å². The molecule has 3 aliphatic carbocycles. The number of benzene rings is 1. The fourth-order valence-electron chi connectivity index (χ4n) is 11.4.